The van der Waals surface area contributed by atoms with Crippen molar-refractivity contribution in [3.63, 3.8) is 0 Å². The summed E-state index contributed by atoms with van der Waals surface area (Å²) in [5.74, 6) is 0.895. The summed E-state index contributed by atoms with van der Waals surface area (Å²) in [5.41, 5.74) is 0. The fraction of sp³-hybridized carbons (Fsp3) is 0.400. The number of rotatable bonds is 5. The van der Waals surface area contributed by atoms with Gasteiger partial charge in [0.2, 0.25) is 5.95 Å². The second-order valence-corrected chi connectivity index (χ2v) is 3.68. The molecule has 2 rings (SSSR count). The number of aromatic nitrogens is 5. The Morgan fingerprint density at radius 2 is 2.28 bits per heavy atom. The maximum Gasteiger partial charge on any atom is 0.224 e. The van der Waals surface area contributed by atoms with E-state index in [1.807, 2.05) is 11.6 Å². The zero-order valence-corrected chi connectivity index (χ0v) is 10.2. The highest BCUT2D eigenvalue weighted by Gasteiger charge is 2.06. The molecule has 0 aliphatic rings. The molecule has 0 saturated carbocycles. The average Bonchev–Trinajstić information content (AvgIpc) is 2.77. The van der Waals surface area contributed by atoms with Crippen molar-refractivity contribution in [1.82, 2.24) is 24.7 Å². The fourth-order valence-corrected chi connectivity index (χ4v) is 1.44. The lowest BCUT2D eigenvalue weighted by molar-refractivity contribution is 0.617. The van der Waals surface area contributed by atoms with Crippen LogP contribution in [0.25, 0.3) is 0 Å². The molecule has 2 aromatic rings. The molecule has 0 bridgehead atoms. The van der Waals surface area contributed by atoms with E-state index in [-0.39, 0.29) is 5.82 Å². The Bertz CT molecular complexity index is 525. The number of hydrogen-bond acceptors (Lipinski definition) is 6. The summed E-state index contributed by atoms with van der Waals surface area (Å²) in [6, 6.07) is 0. The number of nitrogens with zero attached hydrogens (tertiary/aromatic N) is 5. The van der Waals surface area contributed by atoms with Crippen LogP contribution in [0.15, 0.2) is 12.5 Å². The normalized spacial score (nSPS) is 10.4. The first-order valence-electron chi connectivity index (χ1n) is 5.47. The number of anilines is 2. The summed E-state index contributed by atoms with van der Waals surface area (Å²) in [6.07, 6.45) is 3.39. The number of nitrogens with one attached hydrogen (secondary N) is 2. The van der Waals surface area contributed by atoms with Gasteiger partial charge in [0, 0.05) is 27.1 Å². The zero-order valence-electron chi connectivity index (χ0n) is 10.2. The van der Waals surface area contributed by atoms with Crippen LogP contribution in [0, 0.1) is 5.82 Å². The minimum Gasteiger partial charge on any atom is -0.367 e. The minimum absolute atomic E-state index is 0.177. The van der Waals surface area contributed by atoms with Crippen molar-refractivity contribution in [2.75, 3.05) is 24.2 Å². The quantitative estimate of drug-likeness (QED) is 0.802. The van der Waals surface area contributed by atoms with Crippen LogP contribution in [-0.4, -0.2) is 38.3 Å². The average molecular weight is 251 g/mol. The molecule has 0 atom stereocenters. The van der Waals surface area contributed by atoms with Crippen molar-refractivity contribution in [2.45, 2.75) is 6.42 Å². The third kappa shape index (κ3) is 2.70. The summed E-state index contributed by atoms with van der Waals surface area (Å²) in [4.78, 5) is 7.75. The SMILES string of the molecule is CNc1ncc(F)c(NCCc2nncn2C)n1. The van der Waals surface area contributed by atoms with Crippen LogP contribution in [0.5, 0.6) is 0 Å². The molecule has 0 aromatic carbocycles. The second-order valence-electron chi connectivity index (χ2n) is 3.68. The van der Waals surface area contributed by atoms with E-state index in [1.54, 1.807) is 13.4 Å². The van der Waals surface area contributed by atoms with Gasteiger partial charge in [-0.1, -0.05) is 0 Å². The predicted molar refractivity (Wildman–Crippen MR) is 64.7 cm³/mol. The first kappa shape index (κ1) is 12.2. The molecule has 2 heterocycles. The summed E-state index contributed by atoms with van der Waals surface area (Å²) in [7, 11) is 3.54. The monoisotopic (exact) mass is 251 g/mol. The summed E-state index contributed by atoms with van der Waals surface area (Å²) < 4.78 is 15.2. The maximum absolute atomic E-state index is 13.4. The van der Waals surface area contributed by atoms with Gasteiger partial charge in [-0.25, -0.2) is 9.37 Å². The number of hydrogen-bond donors (Lipinski definition) is 2. The minimum atomic E-state index is -0.480. The van der Waals surface area contributed by atoms with Crippen molar-refractivity contribution in [2.24, 2.45) is 7.05 Å². The zero-order chi connectivity index (χ0) is 13.0. The van der Waals surface area contributed by atoms with Crippen molar-refractivity contribution in [3.05, 3.63) is 24.2 Å². The molecule has 0 saturated heterocycles. The van der Waals surface area contributed by atoms with Gasteiger partial charge in [-0.05, 0) is 0 Å². The molecular weight excluding hydrogens is 237 g/mol. The summed E-state index contributed by atoms with van der Waals surface area (Å²) >= 11 is 0. The standard InChI is InChI=1S/C10H14FN7/c1-12-10-14-5-7(11)9(16-10)13-4-3-8-17-15-6-18(8)2/h5-6H,3-4H2,1-2H3,(H2,12,13,14,16). The van der Waals surface area contributed by atoms with Crippen molar-refractivity contribution in [3.8, 4) is 0 Å². The van der Waals surface area contributed by atoms with E-state index >= 15 is 0 Å². The Morgan fingerprint density at radius 1 is 1.44 bits per heavy atom. The van der Waals surface area contributed by atoms with E-state index in [0.717, 1.165) is 12.0 Å². The van der Waals surface area contributed by atoms with Crippen LogP contribution in [0.3, 0.4) is 0 Å². The van der Waals surface area contributed by atoms with Crippen LogP contribution in [0.4, 0.5) is 16.2 Å². The van der Waals surface area contributed by atoms with Crippen LogP contribution in [-0.2, 0) is 13.5 Å². The van der Waals surface area contributed by atoms with Gasteiger partial charge >= 0.3 is 0 Å². The van der Waals surface area contributed by atoms with Gasteiger partial charge < -0.3 is 15.2 Å². The van der Waals surface area contributed by atoms with Gasteiger partial charge in [-0.3, -0.25) is 0 Å². The van der Waals surface area contributed by atoms with Gasteiger partial charge in [0.1, 0.15) is 12.2 Å². The third-order valence-electron chi connectivity index (χ3n) is 2.41. The summed E-state index contributed by atoms with van der Waals surface area (Å²) in [6.45, 7) is 0.517. The Kier molecular flexibility index (Phi) is 3.66. The van der Waals surface area contributed by atoms with Gasteiger partial charge in [-0.2, -0.15) is 4.98 Å². The highest BCUT2D eigenvalue weighted by Crippen LogP contribution is 2.11. The van der Waals surface area contributed by atoms with Crippen LogP contribution >= 0.6 is 0 Å². The molecule has 0 fully saturated rings. The Morgan fingerprint density at radius 3 is 2.94 bits per heavy atom. The smallest absolute Gasteiger partial charge is 0.224 e. The van der Waals surface area contributed by atoms with E-state index in [0.29, 0.717) is 18.9 Å². The molecule has 2 aromatic heterocycles. The highest BCUT2D eigenvalue weighted by molar-refractivity contribution is 5.40. The molecule has 2 N–H and O–H groups in total. The first-order valence-corrected chi connectivity index (χ1v) is 5.47. The van der Waals surface area contributed by atoms with E-state index in [1.165, 1.54) is 0 Å². The lowest BCUT2D eigenvalue weighted by Crippen LogP contribution is -2.12. The molecule has 96 valence electrons. The lowest BCUT2D eigenvalue weighted by atomic mass is 10.4. The number of aryl methyl sites for hydroxylation is 1. The van der Waals surface area contributed by atoms with Crippen LogP contribution < -0.4 is 10.6 Å². The third-order valence-corrected chi connectivity index (χ3v) is 2.41. The molecule has 0 unspecified atom stereocenters. The molecule has 7 nitrogen and oxygen atoms in total. The van der Waals surface area contributed by atoms with Gasteiger partial charge in [0.15, 0.2) is 11.6 Å². The van der Waals surface area contributed by atoms with Crippen molar-refractivity contribution in [1.29, 1.82) is 0 Å². The van der Waals surface area contributed by atoms with Gasteiger partial charge in [0.25, 0.3) is 0 Å². The van der Waals surface area contributed by atoms with Crippen LogP contribution in [0.1, 0.15) is 5.82 Å². The lowest BCUT2D eigenvalue weighted by Gasteiger charge is -2.07. The molecule has 0 aliphatic heterocycles. The molecular formula is C10H14FN7. The molecule has 0 spiro atoms. The van der Waals surface area contributed by atoms with Gasteiger partial charge in [0.05, 0.1) is 6.20 Å². The molecule has 18 heavy (non-hydrogen) atoms. The van der Waals surface area contributed by atoms with Gasteiger partial charge in [-0.15, -0.1) is 10.2 Å². The van der Waals surface area contributed by atoms with E-state index in [4.69, 9.17) is 0 Å². The molecule has 8 heteroatoms. The Balaban J connectivity index is 1.96. The predicted octanol–water partition coefficient (Wildman–Crippen LogP) is 0.440. The first-order chi connectivity index (χ1) is 8.70. The van der Waals surface area contributed by atoms with E-state index in [9.17, 15) is 4.39 Å². The Hall–Kier alpha value is -2.25. The van der Waals surface area contributed by atoms with Crippen molar-refractivity contribution < 1.29 is 4.39 Å². The van der Waals surface area contributed by atoms with E-state index in [2.05, 4.69) is 30.8 Å². The van der Waals surface area contributed by atoms with Crippen LogP contribution in [0.2, 0.25) is 0 Å². The topological polar surface area (TPSA) is 80.5 Å². The number of halogens is 1. The van der Waals surface area contributed by atoms with Crippen molar-refractivity contribution >= 4 is 11.8 Å². The second kappa shape index (κ2) is 5.39. The largest absolute Gasteiger partial charge is 0.367 e. The molecule has 0 aliphatic carbocycles. The van der Waals surface area contributed by atoms with E-state index < -0.39 is 5.82 Å². The molecule has 0 amide bonds. The Labute approximate surface area is 103 Å². The fourth-order valence-electron chi connectivity index (χ4n) is 1.44. The molecule has 0 radical (unpaired) electrons. The summed E-state index contributed by atoms with van der Waals surface area (Å²) in [5, 5.41) is 13.4. The maximum atomic E-state index is 13.4. The highest BCUT2D eigenvalue weighted by atomic mass is 19.1.